The third-order valence-corrected chi connectivity index (χ3v) is 1.12. The maximum absolute atomic E-state index is 7.98. The third kappa shape index (κ3) is 5.57. The summed E-state index contributed by atoms with van der Waals surface area (Å²) < 4.78 is 9.94. The molecule has 0 fully saturated rings. The van der Waals surface area contributed by atoms with Crippen LogP contribution in [-0.2, 0) is 9.47 Å². The van der Waals surface area contributed by atoms with Crippen LogP contribution in [0.3, 0.4) is 0 Å². The molecule has 4 nitrogen and oxygen atoms in total. The zero-order chi connectivity index (χ0) is 8.53. The summed E-state index contributed by atoms with van der Waals surface area (Å²) in [5.74, 6) is 0. The summed E-state index contributed by atoms with van der Waals surface area (Å²) in [6.45, 7) is 4.25. The molecule has 11 heavy (non-hydrogen) atoms. The number of oxime groups is 1. The average Bonchev–Trinajstić information content (AvgIpc) is 2.05. The van der Waals surface area contributed by atoms with Gasteiger partial charge in [0, 0.05) is 7.11 Å². The number of hydrogen-bond acceptors (Lipinski definition) is 4. The Morgan fingerprint density at radius 1 is 1.73 bits per heavy atom. The summed E-state index contributed by atoms with van der Waals surface area (Å²) in [6, 6.07) is 0. The van der Waals surface area contributed by atoms with Crippen LogP contribution in [0.2, 0.25) is 0 Å². The zero-order valence-electron chi connectivity index (χ0n) is 6.56. The van der Waals surface area contributed by atoms with Gasteiger partial charge in [-0.1, -0.05) is 11.2 Å². The minimum Gasteiger partial charge on any atom is -0.411 e. The highest BCUT2D eigenvalue weighted by atomic mass is 16.5. The lowest BCUT2D eigenvalue weighted by atomic mass is 10.4. The highest BCUT2D eigenvalue weighted by Crippen LogP contribution is 1.90. The van der Waals surface area contributed by atoms with Crippen molar-refractivity contribution in [2.45, 2.75) is 6.10 Å². The van der Waals surface area contributed by atoms with Crippen LogP contribution in [0, 0.1) is 0 Å². The number of hydrogen-bond donors (Lipinski definition) is 1. The van der Waals surface area contributed by atoms with E-state index < -0.39 is 0 Å². The summed E-state index contributed by atoms with van der Waals surface area (Å²) in [4.78, 5) is 0. The van der Waals surface area contributed by atoms with Crippen LogP contribution in [0.25, 0.3) is 0 Å². The maximum Gasteiger partial charge on any atom is 0.0983 e. The Hall–Kier alpha value is -0.870. The van der Waals surface area contributed by atoms with Gasteiger partial charge in [-0.2, -0.15) is 0 Å². The monoisotopic (exact) mass is 159 g/mol. The SMILES string of the molecule is C=CC(COC/C=N/O)OC. The van der Waals surface area contributed by atoms with Gasteiger partial charge in [-0.05, 0) is 0 Å². The second-order valence-corrected chi connectivity index (χ2v) is 1.85. The first kappa shape index (κ1) is 10.1. The normalized spacial score (nSPS) is 13.5. The van der Waals surface area contributed by atoms with Gasteiger partial charge in [-0.3, -0.25) is 0 Å². The smallest absolute Gasteiger partial charge is 0.0983 e. The van der Waals surface area contributed by atoms with Crippen LogP contribution in [0.5, 0.6) is 0 Å². The van der Waals surface area contributed by atoms with Crippen LogP contribution < -0.4 is 0 Å². The van der Waals surface area contributed by atoms with Crippen LogP contribution in [0.15, 0.2) is 17.8 Å². The van der Waals surface area contributed by atoms with E-state index in [9.17, 15) is 0 Å². The molecule has 0 saturated carbocycles. The second-order valence-electron chi connectivity index (χ2n) is 1.85. The van der Waals surface area contributed by atoms with Crippen molar-refractivity contribution < 1.29 is 14.7 Å². The molecular weight excluding hydrogens is 146 g/mol. The molecular formula is C7H13NO3. The maximum atomic E-state index is 7.98. The van der Waals surface area contributed by atoms with Crippen LogP contribution in [0.1, 0.15) is 0 Å². The fourth-order valence-electron chi connectivity index (χ4n) is 0.503. The second kappa shape index (κ2) is 7.24. The lowest BCUT2D eigenvalue weighted by Gasteiger charge is -2.08. The largest absolute Gasteiger partial charge is 0.411 e. The Kier molecular flexibility index (Phi) is 6.67. The fraction of sp³-hybridized carbons (Fsp3) is 0.571. The molecule has 0 aliphatic carbocycles. The van der Waals surface area contributed by atoms with Gasteiger partial charge in [0.15, 0.2) is 0 Å². The first-order valence-electron chi connectivity index (χ1n) is 3.24. The molecule has 0 aromatic carbocycles. The van der Waals surface area contributed by atoms with E-state index in [4.69, 9.17) is 14.7 Å². The molecule has 0 saturated heterocycles. The molecule has 0 radical (unpaired) electrons. The minimum atomic E-state index is -0.0953. The van der Waals surface area contributed by atoms with Gasteiger partial charge in [0.05, 0.1) is 25.5 Å². The van der Waals surface area contributed by atoms with Gasteiger partial charge in [-0.25, -0.2) is 0 Å². The first-order chi connectivity index (χ1) is 5.35. The molecule has 0 rings (SSSR count). The Bertz CT molecular complexity index is 125. The third-order valence-electron chi connectivity index (χ3n) is 1.12. The number of ether oxygens (including phenoxy) is 2. The summed E-state index contributed by atoms with van der Waals surface area (Å²) in [6.07, 6.45) is 2.81. The highest BCUT2D eigenvalue weighted by molar-refractivity contribution is 5.57. The van der Waals surface area contributed by atoms with E-state index in [2.05, 4.69) is 11.7 Å². The fourth-order valence-corrected chi connectivity index (χ4v) is 0.503. The lowest BCUT2D eigenvalue weighted by molar-refractivity contribution is 0.0482. The predicted molar refractivity (Wildman–Crippen MR) is 42.1 cm³/mol. The molecule has 0 amide bonds. The molecule has 0 bridgehead atoms. The summed E-state index contributed by atoms with van der Waals surface area (Å²) in [5, 5.41) is 10.8. The van der Waals surface area contributed by atoms with Crippen molar-refractivity contribution >= 4 is 6.21 Å². The molecule has 0 heterocycles. The van der Waals surface area contributed by atoms with Crippen LogP contribution in [0.4, 0.5) is 0 Å². The molecule has 64 valence electrons. The Balaban J connectivity index is 3.28. The molecule has 0 spiro atoms. The van der Waals surface area contributed by atoms with E-state index in [-0.39, 0.29) is 12.7 Å². The summed E-state index contributed by atoms with van der Waals surface area (Å²) >= 11 is 0. The van der Waals surface area contributed by atoms with Crippen molar-refractivity contribution in [3.05, 3.63) is 12.7 Å². The van der Waals surface area contributed by atoms with E-state index in [1.807, 2.05) is 0 Å². The zero-order valence-corrected chi connectivity index (χ0v) is 6.56. The quantitative estimate of drug-likeness (QED) is 0.204. The number of nitrogens with zero attached hydrogens (tertiary/aromatic N) is 1. The summed E-state index contributed by atoms with van der Waals surface area (Å²) in [5.41, 5.74) is 0. The number of methoxy groups -OCH3 is 1. The molecule has 0 aromatic heterocycles. The predicted octanol–water partition coefficient (Wildman–Crippen LogP) is 0.664. The van der Waals surface area contributed by atoms with Gasteiger partial charge in [0.2, 0.25) is 0 Å². The standard InChI is InChI=1S/C7H13NO3/c1-3-7(10-2)6-11-5-4-8-9/h3-4,7,9H,1,5-6H2,2H3/b8-4+. The van der Waals surface area contributed by atoms with Crippen molar-refractivity contribution in [2.24, 2.45) is 5.16 Å². The molecule has 0 aliphatic heterocycles. The van der Waals surface area contributed by atoms with E-state index in [1.54, 1.807) is 13.2 Å². The van der Waals surface area contributed by atoms with Gasteiger partial charge >= 0.3 is 0 Å². The Labute approximate surface area is 66.1 Å². The first-order valence-corrected chi connectivity index (χ1v) is 3.24. The van der Waals surface area contributed by atoms with E-state index in [0.717, 1.165) is 0 Å². The van der Waals surface area contributed by atoms with E-state index >= 15 is 0 Å². The van der Waals surface area contributed by atoms with Gasteiger partial charge in [0.1, 0.15) is 0 Å². The van der Waals surface area contributed by atoms with Crippen molar-refractivity contribution in [1.29, 1.82) is 0 Å². The molecule has 1 unspecified atom stereocenters. The van der Waals surface area contributed by atoms with Crippen molar-refractivity contribution in [1.82, 2.24) is 0 Å². The van der Waals surface area contributed by atoms with E-state index in [1.165, 1.54) is 6.21 Å². The van der Waals surface area contributed by atoms with Crippen molar-refractivity contribution in [2.75, 3.05) is 20.3 Å². The highest BCUT2D eigenvalue weighted by Gasteiger charge is 1.99. The van der Waals surface area contributed by atoms with Crippen molar-refractivity contribution in [3.8, 4) is 0 Å². The van der Waals surface area contributed by atoms with Crippen LogP contribution in [-0.4, -0.2) is 37.8 Å². The molecule has 0 aromatic rings. The molecule has 1 atom stereocenters. The van der Waals surface area contributed by atoms with E-state index in [0.29, 0.717) is 6.61 Å². The summed E-state index contributed by atoms with van der Waals surface area (Å²) in [7, 11) is 1.58. The topological polar surface area (TPSA) is 51.0 Å². The van der Waals surface area contributed by atoms with Gasteiger partial charge < -0.3 is 14.7 Å². The number of rotatable bonds is 6. The van der Waals surface area contributed by atoms with Crippen molar-refractivity contribution in [3.63, 3.8) is 0 Å². The molecule has 4 heteroatoms. The lowest BCUT2D eigenvalue weighted by Crippen LogP contribution is -2.15. The molecule has 1 N–H and O–H groups in total. The Morgan fingerprint density at radius 3 is 2.91 bits per heavy atom. The van der Waals surface area contributed by atoms with Gasteiger partial charge in [0.25, 0.3) is 0 Å². The average molecular weight is 159 g/mol. The molecule has 0 aliphatic rings. The van der Waals surface area contributed by atoms with Crippen LogP contribution >= 0.6 is 0 Å². The van der Waals surface area contributed by atoms with Gasteiger partial charge in [-0.15, -0.1) is 6.58 Å². The minimum absolute atomic E-state index is 0.0953. The Morgan fingerprint density at radius 2 is 2.45 bits per heavy atom.